The van der Waals surface area contributed by atoms with Gasteiger partial charge in [0.05, 0.1) is 0 Å². The monoisotopic (exact) mass is 353 g/mol. The first-order valence-electron chi connectivity index (χ1n) is 9.05. The summed E-state index contributed by atoms with van der Waals surface area (Å²) in [6, 6.07) is 16.0. The zero-order valence-electron chi connectivity index (χ0n) is 15.7. The van der Waals surface area contributed by atoms with E-state index in [1.165, 1.54) is 5.56 Å². The molecular formula is C21H27N3O2. The average Bonchev–Trinajstić information content (AvgIpc) is 2.98. The van der Waals surface area contributed by atoms with Crippen LogP contribution in [0.25, 0.3) is 0 Å². The van der Waals surface area contributed by atoms with Crippen LogP contribution in [0.1, 0.15) is 24.0 Å². The second-order valence-corrected chi connectivity index (χ2v) is 7.02. The molecule has 0 bridgehead atoms. The normalized spacial score (nSPS) is 15.8. The van der Waals surface area contributed by atoms with Crippen molar-refractivity contribution in [2.45, 2.75) is 19.4 Å². The molecule has 1 N–H and O–H groups in total. The summed E-state index contributed by atoms with van der Waals surface area (Å²) in [4.78, 5) is 16.5. The van der Waals surface area contributed by atoms with Gasteiger partial charge in [0.2, 0.25) is 0 Å². The molecule has 26 heavy (non-hydrogen) atoms. The Hall–Kier alpha value is -2.53. The summed E-state index contributed by atoms with van der Waals surface area (Å²) in [5.74, 6) is 1.22. The molecule has 0 fully saturated rings. The van der Waals surface area contributed by atoms with Crippen LogP contribution in [0.2, 0.25) is 0 Å². The van der Waals surface area contributed by atoms with Gasteiger partial charge in [-0.3, -0.25) is 4.90 Å². The van der Waals surface area contributed by atoms with E-state index in [1.54, 1.807) is 0 Å². The van der Waals surface area contributed by atoms with Gasteiger partial charge in [-0.15, -0.1) is 0 Å². The number of amides is 2. The number of hydrogen-bond acceptors (Lipinski definition) is 3. The molecule has 0 aliphatic carbocycles. The Morgan fingerprint density at radius 1 is 1.19 bits per heavy atom. The van der Waals surface area contributed by atoms with Crippen LogP contribution in [0.5, 0.6) is 5.75 Å². The zero-order chi connectivity index (χ0) is 18.5. The minimum atomic E-state index is -0.0480. The lowest BCUT2D eigenvalue weighted by Gasteiger charge is -2.18. The minimum absolute atomic E-state index is 0.0480. The van der Waals surface area contributed by atoms with Gasteiger partial charge in [-0.05, 0) is 43.4 Å². The number of nitrogens with zero attached hydrogens (tertiary/aromatic N) is 2. The van der Waals surface area contributed by atoms with Gasteiger partial charge < -0.3 is 15.0 Å². The van der Waals surface area contributed by atoms with Crippen molar-refractivity contribution in [3.05, 3.63) is 59.7 Å². The molecule has 5 heteroatoms. The highest BCUT2D eigenvalue weighted by molar-refractivity contribution is 5.94. The van der Waals surface area contributed by atoms with E-state index in [-0.39, 0.29) is 6.03 Å². The maximum absolute atomic E-state index is 12.6. The number of nitrogens with one attached hydrogen (secondary N) is 1. The van der Waals surface area contributed by atoms with Gasteiger partial charge in [0, 0.05) is 31.2 Å². The molecule has 1 aliphatic heterocycles. The quantitative estimate of drug-likeness (QED) is 0.865. The first kappa shape index (κ1) is 18.3. The van der Waals surface area contributed by atoms with Crippen molar-refractivity contribution in [1.29, 1.82) is 0 Å². The van der Waals surface area contributed by atoms with Gasteiger partial charge >= 0.3 is 6.03 Å². The molecule has 0 aromatic heterocycles. The average molecular weight is 353 g/mol. The summed E-state index contributed by atoms with van der Waals surface area (Å²) >= 11 is 0. The van der Waals surface area contributed by atoms with Crippen LogP contribution in [0.4, 0.5) is 10.5 Å². The predicted octanol–water partition coefficient (Wildman–Crippen LogP) is 3.46. The van der Waals surface area contributed by atoms with Gasteiger partial charge in [0.15, 0.2) is 0 Å². The summed E-state index contributed by atoms with van der Waals surface area (Å²) in [7, 11) is 4.04. The number of rotatable bonds is 6. The molecule has 1 unspecified atom stereocenters. The molecule has 1 heterocycles. The molecule has 0 spiro atoms. The Bertz CT molecular complexity index is 743. The number of carbonyl (C=O) groups is 1. The highest BCUT2D eigenvalue weighted by Gasteiger charge is 2.29. The van der Waals surface area contributed by atoms with Crippen molar-refractivity contribution in [3.8, 4) is 5.75 Å². The first-order chi connectivity index (χ1) is 12.5. The van der Waals surface area contributed by atoms with Crippen LogP contribution >= 0.6 is 0 Å². The largest absolute Gasteiger partial charge is 0.492 e. The number of ether oxygens (including phenoxy) is 1. The number of fused-ring (bicyclic) bond motifs is 1. The predicted molar refractivity (Wildman–Crippen MR) is 105 cm³/mol. The van der Waals surface area contributed by atoms with Crippen LogP contribution < -0.4 is 15.0 Å². The van der Waals surface area contributed by atoms with Gasteiger partial charge in [0.25, 0.3) is 0 Å². The molecule has 0 radical (unpaired) electrons. The number of urea groups is 1. The second-order valence-electron chi connectivity index (χ2n) is 7.02. The number of para-hydroxylation sites is 1. The summed E-state index contributed by atoms with van der Waals surface area (Å²) in [5, 5.41) is 3.02. The molecule has 2 aromatic rings. The van der Waals surface area contributed by atoms with Crippen LogP contribution in [0.3, 0.4) is 0 Å². The van der Waals surface area contributed by atoms with Crippen LogP contribution in [0, 0.1) is 0 Å². The molecule has 5 nitrogen and oxygen atoms in total. The zero-order valence-corrected chi connectivity index (χ0v) is 15.7. The summed E-state index contributed by atoms with van der Waals surface area (Å²) in [6.45, 7) is 4.93. The third-order valence-corrected chi connectivity index (χ3v) is 4.63. The van der Waals surface area contributed by atoms with Crippen molar-refractivity contribution in [2.75, 3.05) is 38.7 Å². The summed E-state index contributed by atoms with van der Waals surface area (Å²) in [5.41, 5.74) is 3.31. The summed E-state index contributed by atoms with van der Waals surface area (Å²) < 4.78 is 5.69. The van der Waals surface area contributed by atoms with E-state index in [4.69, 9.17) is 4.74 Å². The Balaban J connectivity index is 1.52. The standard InChI is InChI=1S/C21H27N3O2/c1-16-15-24(20-7-5-4-6-19(16)20)21(25)22-14-17-8-10-18(11-9-17)26-13-12-23(2)3/h4-11,16H,12-15H2,1-3H3,(H,22,25). The fourth-order valence-electron chi connectivity index (χ4n) is 3.14. The van der Waals surface area contributed by atoms with Crippen LogP contribution in [-0.2, 0) is 6.54 Å². The maximum atomic E-state index is 12.6. The molecule has 2 aromatic carbocycles. The van der Waals surface area contributed by atoms with E-state index >= 15 is 0 Å². The molecule has 2 amide bonds. The molecule has 0 saturated heterocycles. The SMILES string of the molecule is CC1CN(C(=O)NCc2ccc(OCCN(C)C)cc2)c2ccccc21. The Kier molecular flexibility index (Phi) is 5.78. The Labute approximate surface area is 155 Å². The lowest BCUT2D eigenvalue weighted by molar-refractivity contribution is 0.246. The van der Waals surface area contributed by atoms with Crippen molar-refractivity contribution >= 4 is 11.7 Å². The van der Waals surface area contributed by atoms with E-state index < -0.39 is 0 Å². The van der Waals surface area contributed by atoms with Gasteiger partial charge in [-0.2, -0.15) is 0 Å². The maximum Gasteiger partial charge on any atom is 0.322 e. The number of anilines is 1. The van der Waals surface area contributed by atoms with Gasteiger partial charge in [-0.25, -0.2) is 4.79 Å². The fraction of sp³-hybridized carbons (Fsp3) is 0.381. The number of hydrogen-bond donors (Lipinski definition) is 1. The first-order valence-corrected chi connectivity index (χ1v) is 9.05. The fourth-order valence-corrected chi connectivity index (χ4v) is 3.14. The number of likely N-dealkylation sites (N-methyl/N-ethyl adjacent to an activating group) is 1. The van der Waals surface area contributed by atoms with Crippen molar-refractivity contribution in [1.82, 2.24) is 10.2 Å². The molecular weight excluding hydrogens is 326 g/mol. The highest BCUT2D eigenvalue weighted by Crippen LogP contribution is 2.35. The van der Waals surface area contributed by atoms with E-state index in [0.717, 1.165) is 30.1 Å². The molecule has 3 rings (SSSR count). The number of carbonyl (C=O) groups excluding carboxylic acids is 1. The van der Waals surface area contributed by atoms with E-state index in [0.29, 0.717) is 19.1 Å². The van der Waals surface area contributed by atoms with E-state index in [2.05, 4.69) is 23.2 Å². The third kappa shape index (κ3) is 4.35. The van der Waals surface area contributed by atoms with Crippen molar-refractivity contribution in [2.24, 2.45) is 0 Å². The lowest BCUT2D eigenvalue weighted by atomic mass is 10.0. The van der Waals surface area contributed by atoms with E-state index in [9.17, 15) is 4.79 Å². The topological polar surface area (TPSA) is 44.8 Å². The smallest absolute Gasteiger partial charge is 0.322 e. The second kappa shape index (κ2) is 8.23. The van der Waals surface area contributed by atoms with Gasteiger partial charge in [0.1, 0.15) is 12.4 Å². The van der Waals surface area contributed by atoms with Crippen LogP contribution in [0.15, 0.2) is 48.5 Å². The van der Waals surface area contributed by atoms with Crippen LogP contribution in [-0.4, -0.2) is 44.7 Å². The Morgan fingerprint density at radius 2 is 1.92 bits per heavy atom. The minimum Gasteiger partial charge on any atom is -0.492 e. The van der Waals surface area contributed by atoms with E-state index in [1.807, 2.05) is 61.5 Å². The molecule has 138 valence electrons. The highest BCUT2D eigenvalue weighted by atomic mass is 16.5. The molecule has 1 atom stereocenters. The van der Waals surface area contributed by atoms with Gasteiger partial charge in [-0.1, -0.05) is 37.3 Å². The van der Waals surface area contributed by atoms with Crippen molar-refractivity contribution in [3.63, 3.8) is 0 Å². The number of benzene rings is 2. The lowest BCUT2D eigenvalue weighted by Crippen LogP contribution is -2.38. The molecule has 1 aliphatic rings. The molecule has 0 saturated carbocycles. The Morgan fingerprint density at radius 3 is 2.65 bits per heavy atom. The third-order valence-electron chi connectivity index (χ3n) is 4.63. The van der Waals surface area contributed by atoms with Crippen molar-refractivity contribution < 1.29 is 9.53 Å². The summed E-state index contributed by atoms with van der Waals surface area (Å²) in [6.07, 6.45) is 0.